The van der Waals surface area contributed by atoms with E-state index in [9.17, 15) is 22.7 Å². The fraction of sp³-hybridized carbons (Fsp3) is 0.955. The first-order valence-electron chi connectivity index (χ1n) is 11.2. The van der Waals surface area contributed by atoms with Crippen molar-refractivity contribution in [3.63, 3.8) is 0 Å². The molecule has 4 aliphatic carbocycles. The molecular formula is C22H35FO4S2. The predicted molar refractivity (Wildman–Crippen MR) is 114 cm³/mol. The summed E-state index contributed by atoms with van der Waals surface area (Å²) in [6, 6.07) is 0. The van der Waals surface area contributed by atoms with Gasteiger partial charge in [0, 0.05) is 12.2 Å². The van der Waals surface area contributed by atoms with E-state index in [2.05, 4.69) is 6.92 Å². The fourth-order valence-electron chi connectivity index (χ4n) is 7.88. The lowest BCUT2D eigenvalue weighted by atomic mass is 9.49. The molecule has 4 aliphatic rings. The molecule has 4 saturated carbocycles. The zero-order valence-electron chi connectivity index (χ0n) is 17.6. The minimum absolute atomic E-state index is 0.00249. The van der Waals surface area contributed by atoms with E-state index in [-0.39, 0.29) is 22.9 Å². The molecule has 0 aliphatic heterocycles. The van der Waals surface area contributed by atoms with Crippen molar-refractivity contribution < 1.29 is 22.7 Å². The topological polar surface area (TPSA) is 71.4 Å². The average Bonchev–Trinajstić information content (AvgIpc) is 3.02. The minimum Gasteiger partial charge on any atom is -0.387 e. The van der Waals surface area contributed by atoms with Crippen LogP contribution in [0.3, 0.4) is 0 Å². The van der Waals surface area contributed by atoms with Gasteiger partial charge in [-0.25, -0.2) is 12.8 Å². The second-order valence-corrected chi connectivity index (χ2v) is 15.1. The summed E-state index contributed by atoms with van der Waals surface area (Å²) >= 11 is 0. The van der Waals surface area contributed by atoms with E-state index >= 15 is 0 Å². The number of carbonyl (C=O) groups excluding carboxylic acids is 1. The summed E-state index contributed by atoms with van der Waals surface area (Å²) in [5.74, 6) is 3.04. The summed E-state index contributed by atoms with van der Waals surface area (Å²) in [7, 11) is -2.42. The Morgan fingerprint density at radius 1 is 1.07 bits per heavy atom. The SMILES string of the molecule is C[C@]12CCC3C(CC[C@@H]4C[C@@](O)(CF)CC[C@H]34)C1CC[C@@H]2C(=O)CSS(C)(=O)=O. The van der Waals surface area contributed by atoms with Crippen molar-refractivity contribution >= 4 is 25.4 Å². The van der Waals surface area contributed by atoms with Crippen LogP contribution >= 0.6 is 10.8 Å². The highest BCUT2D eigenvalue weighted by Crippen LogP contribution is 2.64. The Bertz CT molecular complexity index is 756. The van der Waals surface area contributed by atoms with Crippen molar-refractivity contribution in [2.24, 2.45) is 40.9 Å². The quantitative estimate of drug-likeness (QED) is 0.640. The Morgan fingerprint density at radius 2 is 1.79 bits per heavy atom. The van der Waals surface area contributed by atoms with Gasteiger partial charge in [0.25, 0.3) is 0 Å². The zero-order valence-corrected chi connectivity index (χ0v) is 19.2. The molecule has 0 saturated heterocycles. The van der Waals surface area contributed by atoms with Crippen LogP contribution in [0.1, 0.15) is 64.7 Å². The number of carbonyl (C=O) groups is 1. The van der Waals surface area contributed by atoms with Gasteiger partial charge in [-0.3, -0.25) is 4.79 Å². The van der Waals surface area contributed by atoms with Gasteiger partial charge in [-0.15, -0.1) is 0 Å². The van der Waals surface area contributed by atoms with E-state index < -0.39 is 21.1 Å². The van der Waals surface area contributed by atoms with Crippen LogP contribution in [-0.2, 0) is 13.7 Å². The van der Waals surface area contributed by atoms with Crippen LogP contribution in [0.5, 0.6) is 0 Å². The maximum atomic E-state index is 13.3. The first-order chi connectivity index (χ1) is 13.6. The molecule has 4 rings (SSSR count). The number of alkyl halides is 1. The second kappa shape index (κ2) is 7.77. The summed E-state index contributed by atoms with van der Waals surface area (Å²) in [5.41, 5.74) is -1.10. The molecule has 0 bridgehead atoms. The Kier molecular flexibility index (Phi) is 5.91. The second-order valence-electron chi connectivity index (χ2n) is 10.6. The standard InChI is InChI=1S/C22H35FO4S2/c1-21-9-7-16-15-8-10-22(25,13-23)11-14(15)3-4-17(16)18(21)5-6-19(21)20(24)12-28-29(2,26)27/h14-19,25H,3-13H2,1-2H3/t14-,15+,16?,17?,18?,19-,21+,22-/m1/s1. The molecule has 4 fully saturated rings. The van der Waals surface area contributed by atoms with Crippen molar-refractivity contribution in [2.45, 2.75) is 70.3 Å². The van der Waals surface area contributed by atoms with Gasteiger partial charge in [0.05, 0.1) is 11.4 Å². The lowest BCUT2D eigenvalue weighted by Gasteiger charge is -2.57. The molecule has 166 valence electrons. The zero-order chi connectivity index (χ0) is 21.0. The van der Waals surface area contributed by atoms with Crippen molar-refractivity contribution in [3.8, 4) is 0 Å². The smallest absolute Gasteiger partial charge is 0.199 e. The monoisotopic (exact) mass is 446 g/mol. The minimum atomic E-state index is -3.19. The van der Waals surface area contributed by atoms with Gasteiger partial charge in [-0.1, -0.05) is 6.92 Å². The Morgan fingerprint density at radius 3 is 2.48 bits per heavy atom. The molecule has 0 aromatic carbocycles. The van der Waals surface area contributed by atoms with Crippen LogP contribution < -0.4 is 0 Å². The van der Waals surface area contributed by atoms with Crippen LogP contribution in [0.2, 0.25) is 0 Å². The number of Topliss-reactive ketones (excluding diaryl/α,β-unsaturated/α-hetero) is 1. The van der Waals surface area contributed by atoms with Gasteiger partial charge < -0.3 is 5.11 Å². The van der Waals surface area contributed by atoms with Crippen LogP contribution in [-0.4, -0.2) is 43.6 Å². The van der Waals surface area contributed by atoms with Crippen LogP contribution in [0.4, 0.5) is 4.39 Å². The molecule has 0 spiro atoms. The van der Waals surface area contributed by atoms with E-state index in [4.69, 9.17) is 0 Å². The molecule has 1 N–H and O–H groups in total. The molecule has 3 unspecified atom stereocenters. The molecular weight excluding hydrogens is 411 g/mol. The van der Waals surface area contributed by atoms with E-state index in [0.717, 1.165) is 55.7 Å². The summed E-state index contributed by atoms with van der Waals surface area (Å²) < 4.78 is 36.3. The van der Waals surface area contributed by atoms with Crippen molar-refractivity contribution in [1.29, 1.82) is 0 Å². The Balaban J connectivity index is 1.46. The van der Waals surface area contributed by atoms with Crippen molar-refractivity contribution in [3.05, 3.63) is 0 Å². The number of halogens is 1. The summed E-state index contributed by atoms with van der Waals surface area (Å²) in [4.78, 5) is 12.9. The largest absolute Gasteiger partial charge is 0.387 e. The first-order valence-corrected chi connectivity index (χ1v) is 14.6. The number of fused-ring (bicyclic) bond motifs is 5. The summed E-state index contributed by atoms with van der Waals surface area (Å²) in [6.45, 7) is 1.66. The van der Waals surface area contributed by atoms with E-state index in [1.807, 2.05) is 0 Å². The Hall–Kier alpha value is -0.140. The number of aliphatic hydroxyl groups is 1. The lowest BCUT2D eigenvalue weighted by molar-refractivity contribution is -0.131. The molecule has 0 heterocycles. The Labute approximate surface area is 178 Å². The maximum absolute atomic E-state index is 13.3. The number of rotatable bonds is 5. The van der Waals surface area contributed by atoms with Crippen LogP contribution in [0.25, 0.3) is 0 Å². The third-order valence-corrected chi connectivity index (χ3v) is 11.6. The number of hydrogen-bond donors (Lipinski definition) is 1. The maximum Gasteiger partial charge on any atom is 0.199 e. The van der Waals surface area contributed by atoms with Gasteiger partial charge in [-0.2, -0.15) is 0 Å². The normalized spacial score (nSPS) is 47.2. The lowest BCUT2D eigenvalue weighted by Crippen LogP contribution is -2.52. The highest BCUT2D eigenvalue weighted by atomic mass is 33.1. The third kappa shape index (κ3) is 4.05. The molecule has 0 amide bonds. The van der Waals surface area contributed by atoms with Gasteiger partial charge in [0.15, 0.2) is 8.87 Å². The van der Waals surface area contributed by atoms with Gasteiger partial charge in [0.1, 0.15) is 12.5 Å². The molecule has 0 aromatic heterocycles. The number of ketones is 1. The third-order valence-electron chi connectivity index (χ3n) is 9.16. The van der Waals surface area contributed by atoms with E-state index in [1.54, 1.807) is 0 Å². The highest BCUT2D eigenvalue weighted by molar-refractivity contribution is 8.72. The molecule has 0 radical (unpaired) electrons. The molecule has 7 heteroatoms. The molecule has 4 nitrogen and oxygen atoms in total. The number of hydrogen-bond acceptors (Lipinski definition) is 5. The predicted octanol–water partition coefficient (Wildman–Crippen LogP) is 4.22. The summed E-state index contributed by atoms with van der Waals surface area (Å²) in [5, 5.41) is 10.5. The van der Waals surface area contributed by atoms with Gasteiger partial charge in [0.2, 0.25) is 0 Å². The molecule has 8 atom stereocenters. The van der Waals surface area contributed by atoms with Crippen molar-refractivity contribution in [1.82, 2.24) is 0 Å². The van der Waals surface area contributed by atoms with E-state index in [0.29, 0.717) is 42.4 Å². The van der Waals surface area contributed by atoms with E-state index in [1.165, 1.54) is 6.26 Å². The van der Waals surface area contributed by atoms with Crippen molar-refractivity contribution in [2.75, 3.05) is 18.7 Å². The van der Waals surface area contributed by atoms with Gasteiger partial charge in [-0.05, 0) is 104 Å². The average molecular weight is 447 g/mol. The van der Waals surface area contributed by atoms with Crippen LogP contribution in [0, 0.1) is 40.9 Å². The molecule has 29 heavy (non-hydrogen) atoms. The first kappa shape index (κ1) is 22.1. The molecule has 0 aromatic rings. The fourth-order valence-corrected chi connectivity index (χ4v) is 9.40. The van der Waals surface area contributed by atoms with Gasteiger partial charge >= 0.3 is 0 Å². The highest BCUT2D eigenvalue weighted by Gasteiger charge is 2.58. The van der Waals surface area contributed by atoms with Crippen LogP contribution in [0.15, 0.2) is 0 Å². The summed E-state index contributed by atoms with van der Waals surface area (Å²) in [6.07, 6.45) is 9.63.